The number of carbonyl (C=O) groups is 2. The first kappa shape index (κ1) is 11.0. The van der Waals surface area contributed by atoms with E-state index in [0.717, 1.165) is 12.7 Å². The summed E-state index contributed by atoms with van der Waals surface area (Å²) in [7, 11) is 1.16. The zero-order chi connectivity index (χ0) is 11.8. The van der Waals surface area contributed by atoms with E-state index in [1.807, 2.05) is 0 Å². The maximum atomic E-state index is 11.9. The number of Topliss-reactive ketones (excluding diaryl/α,β-unsaturated/α-hetero) is 1. The highest BCUT2D eigenvalue weighted by Crippen LogP contribution is 2.36. The first-order chi connectivity index (χ1) is 7.57. The van der Waals surface area contributed by atoms with Crippen LogP contribution in [0.3, 0.4) is 0 Å². The first-order valence-corrected chi connectivity index (χ1v) is 5.03. The van der Waals surface area contributed by atoms with Crippen LogP contribution in [0.25, 0.3) is 0 Å². The number of halogens is 1. The van der Waals surface area contributed by atoms with Crippen molar-refractivity contribution in [1.29, 1.82) is 0 Å². The number of ketones is 1. The molecule has 0 aromatic heterocycles. The van der Waals surface area contributed by atoms with E-state index in [1.165, 1.54) is 0 Å². The van der Waals surface area contributed by atoms with Crippen molar-refractivity contribution in [2.24, 2.45) is 0 Å². The number of alkyl halides is 1. The van der Waals surface area contributed by atoms with E-state index in [4.69, 9.17) is 16.3 Å². The van der Waals surface area contributed by atoms with E-state index in [2.05, 4.69) is 4.74 Å². The lowest BCUT2D eigenvalue weighted by Gasteiger charge is -2.18. The Balaban J connectivity index is 2.30. The van der Waals surface area contributed by atoms with E-state index in [-0.39, 0.29) is 6.42 Å². The van der Waals surface area contributed by atoms with Crippen LogP contribution < -0.4 is 0 Å². The van der Waals surface area contributed by atoms with Gasteiger partial charge < -0.3 is 9.47 Å². The standard InChI is InChI=1S/C11H9ClO4/c1-15-10(14)16-11(12)6-7-4-2-3-5-8(7)9(11)13/h2-5H,6H2,1H3. The molecule has 0 N–H and O–H groups in total. The maximum Gasteiger partial charge on any atom is 0.510 e. The molecular formula is C11H9ClO4. The van der Waals surface area contributed by atoms with E-state index < -0.39 is 17.0 Å². The Kier molecular flexibility index (Phi) is 2.59. The Morgan fingerprint density at radius 3 is 2.75 bits per heavy atom. The molecule has 1 aliphatic carbocycles. The van der Waals surface area contributed by atoms with Gasteiger partial charge in [-0.1, -0.05) is 35.9 Å². The summed E-state index contributed by atoms with van der Waals surface area (Å²) >= 11 is 5.99. The molecule has 1 unspecified atom stereocenters. The molecular weight excluding hydrogens is 232 g/mol. The number of hydrogen-bond acceptors (Lipinski definition) is 4. The second-order valence-corrected chi connectivity index (χ2v) is 4.06. The molecule has 0 radical (unpaired) electrons. The smallest absolute Gasteiger partial charge is 0.438 e. The molecule has 5 heteroatoms. The van der Waals surface area contributed by atoms with Gasteiger partial charge in [-0.2, -0.15) is 0 Å². The Morgan fingerprint density at radius 1 is 1.44 bits per heavy atom. The first-order valence-electron chi connectivity index (χ1n) is 4.65. The van der Waals surface area contributed by atoms with Crippen LogP contribution in [0.2, 0.25) is 0 Å². The fraction of sp³-hybridized carbons (Fsp3) is 0.273. The van der Waals surface area contributed by atoms with E-state index in [9.17, 15) is 9.59 Å². The lowest BCUT2D eigenvalue weighted by molar-refractivity contribution is 0.0215. The number of ether oxygens (including phenoxy) is 2. The quantitative estimate of drug-likeness (QED) is 0.558. The molecule has 0 heterocycles. The summed E-state index contributed by atoms with van der Waals surface area (Å²) in [4.78, 5) is 22.9. The molecule has 84 valence electrons. The van der Waals surface area contributed by atoms with Crippen LogP contribution in [0.15, 0.2) is 24.3 Å². The van der Waals surface area contributed by atoms with Gasteiger partial charge in [-0.05, 0) is 5.56 Å². The fourth-order valence-corrected chi connectivity index (χ4v) is 1.99. The number of hydrogen-bond donors (Lipinski definition) is 0. The fourth-order valence-electron chi connectivity index (χ4n) is 1.68. The summed E-state index contributed by atoms with van der Waals surface area (Å²) in [6.07, 6.45) is -0.797. The van der Waals surface area contributed by atoms with Gasteiger partial charge in [-0.25, -0.2) is 4.79 Å². The lowest BCUT2D eigenvalue weighted by Crippen LogP contribution is -2.35. The predicted molar refractivity (Wildman–Crippen MR) is 56.6 cm³/mol. The van der Waals surface area contributed by atoms with Crippen molar-refractivity contribution in [3.63, 3.8) is 0 Å². The number of fused-ring (bicyclic) bond motifs is 1. The van der Waals surface area contributed by atoms with Gasteiger partial charge in [0.25, 0.3) is 5.06 Å². The van der Waals surface area contributed by atoms with E-state index in [0.29, 0.717) is 5.56 Å². The van der Waals surface area contributed by atoms with Crippen molar-refractivity contribution in [2.75, 3.05) is 7.11 Å². The number of benzene rings is 1. The summed E-state index contributed by atoms with van der Waals surface area (Å²) in [6, 6.07) is 6.96. The van der Waals surface area contributed by atoms with Gasteiger partial charge in [0.15, 0.2) is 0 Å². The third-order valence-corrected chi connectivity index (χ3v) is 2.81. The van der Waals surface area contributed by atoms with Gasteiger partial charge in [0.2, 0.25) is 5.78 Å². The van der Waals surface area contributed by atoms with E-state index >= 15 is 0 Å². The molecule has 0 spiro atoms. The Morgan fingerprint density at radius 2 is 2.12 bits per heavy atom. The molecule has 0 amide bonds. The molecule has 1 atom stereocenters. The number of carbonyl (C=O) groups excluding carboxylic acids is 2. The molecule has 0 bridgehead atoms. The van der Waals surface area contributed by atoms with Crippen LogP contribution in [0, 0.1) is 0 Å². The zero-order valence-electron chi connectivity index (χ0n) is 8.53. The van der Waals surface area contributed by atoms with Gasteiger partial charge in [0.05, 0.1) is 7.11 Å². The van der Waals surface area contributed by atoms with Gasteiger partial charge in [-0.15, -0.1) is 0 Å². The van der Waals surface area contributed by atoms with Crippen LogP contribution in [0.1, 0.15) is 15.9 Å². The van der Waals surface area contributed by atoms with Crippen molar-refractivity contribution in [3.05, 3.63) is 35.4 Å². The average Bonchev–Trinajstić information content (AvgIpc) is 2.52. The highest BCUT2D eigenvalue weighted by atomic mass is 35.5. The van der Waals surface area contributed by atoms with Crippen molar-refractivity contribution >= 4 is 23.5 Å². The zero-order valence-corrected chi connectivity index (χ0v) is 9.28. The molecule has 2 rings (SSSR count). The van der Waals surface area contributed by atoms with E-state index in [1.54, 1.807) is 24.3 Å². The third kappa shape index (κ3) is 1.65. The average molecular weight is 241 g/mol. The molecule has 0 saturated carbocycles. The normalized spacial score (nSPS) is 22.8. The molecule has 0 saturated heterocycles. The third-order valence-electron chi connectivity index (χ3n) is 2.43. The van der Waals surface area contributed by atoms with Crippen molar-refractivity contribution < 1.29 is 19.1 Å². The Bertz CT molecular complexity index is 457. The van der Waals surface area contributed by atoms with Crippen LogP contribution in [-0.4, -0.2) is 24.1 Å². The Hall–Kier alpha value is -1.55. The van der Waals surface area contributed by atoms with Gasteiger partial charge >= 0.3 is 6.16 Å². The molecule has 0 aliphatic heterocycles. The highest BCUT2D eigenvalue weighted by Gasteiger charge is 2.47. The summed E-state index contributed by atoms with van der Waals surface area (Å²) in [5.74, 6) is -0.407. The molecule has 16 heavy (non-hydrogen) atoms. The van der Waals surface area contributed by atoms with Gasteiger partial charge in [0.1, 0.15) is 0 Å². The summed E-state index contributed by atoms with van der Waals surface area (Å²) in [5.41, 5.74) is 1.26. The summed E-state index contributed by atoms with van der Waals surface area (Å²) in [5, 5.41) is -1.66. The number of rotatable bonds is 1. The van der Waals surface area contributed by atoms with Crippen LogP contribution in [-0.2, 0) is 15.9 Å². The maximum absolute atomic E-state index is 11.9. The minimum Gasteiger partial charge on any atom is -0.438 e. The van der Waals surface area contributed by atoms with Crippen LogP contribution >= 0.6 is 11.6 Å². The van der Waals surface area contributed by atoms with Crippen LogP contribution in [0.5, 0.6) is 0 Å². The van der Waals surface area contributed by atoms with Crippen molar-refractivity contribution in [2.45, 2.75) is 11.5 Å². The largest absolute Gasteiger partial charge is 0.510 e. The topological polar surface area (TPSA) is 52.6 Å². The summed E-state index contributed by atoms with van der Waals surface area (Å²) in [6.45, 7) is 0. The van der Waals surface area contributed by atoms with Crippen molar-refractivity contribution in [3.8, 4) is 0 Å². The van der Waals surface area contributed by atoms with Gasteiger partial charge in [-0.3, -0.25) is 4.79 Å². The Labute approximate surface area is 97.1 Å². The second kappa shape index (κ2) is 3.79. The molecule has 1 aromatic carbocycles. The summed E-state index contributed by atoms with van der Waals surface area (Å²) < 4.78 is 9.12. The van der Waals surface area contributed by atoms with Gasteiger partial charge in [0, 0.05) is 12.0 Å². The molecule has 1 aliphatic rings. The van der Waals surface area contributed by atoms with Crippen molar-refractivity contribution in [1.82, 2.24) is 0 Å². The molecule has 1 aromatic rings. The minimum atomic E-state index is -1.66. The minimum absolute atomic E-state index is 0.165. The highest BCUT2D eigenvalue weighted by molar-refractivity contribution is 6.38. The monoisotopic (exact) mass is 240 g/mol. The number of methoxy groups -OCH3 is 1. The molecule has 4 nitrogen and oxygen atoms in total. The molecule has 0 fully saturated rings. The predicted octanol–water partition coefficient (Wildman–Crippen LogP) is 2.14. The lowest BCUT2D eigenvalue weighted by atomic mass is 10.1. The van der Waals surface area contributed by atoms with Crippen LogP contribution in [0.4, 0.5) is 4.79 Å². The second-order valence-electron chi connectivity index (χ2n) is 3.45. The SMILES string of the molecule is COC(=O)OC1(Cl)Cc2ccccc2C1=O.